The summed E-state index contributed by atoms with van der Waals surface area (Å²) in [6, 6.07) is 0. The predicted molar refractivity (Wildman–Crippen MR) is 129 cm³/mol. The normalized spacial score (nSPS) is 47.1. The Bertz CT molecular complexity index is 836. The van der Waals surface area contributed by atoms with Gasteiger partial charge < -0.3 is 9.47 Å². The second-order valence-corrected chi connectivity index (χ2v) is 12.9. The monoisotopic (exact) mass is 472 g/mol. The molecule has 0 N–H and O–H groups in total. The number of ether oxygens (including phenoxy) is 2. The maximum atomic E-state index is 12.4. The van der Waals surface area contributed by atoms with E-state index in [-0.39, 0.29) is 40.7 Å². The molecule has 5 heteroatoms. The fourth-order valence-corrected chi connectivity index (χ4v) is 9.69. The summed E-state index contributed by atoms with van der Waals surface area (Å²) in [5.74, 6) is 3.39. The van der Waals surface area contributed by atoms with E-state index in [1.54, 1.807) is 0 Å². The van der Waals surface area contributed by atoms with Gasteiger partial charge in [0.2, 0.25) is 0 Å². The van der Waals surface area contributed by atoms with Gasteiger partial charge >= 0.3 is 11.9 Å². The number of cyclic esters (lactones) is 1. The summed E-state index contributed by atoms with van der Waals surface area (Å²) in [5, 5.41) is 0. The zero-order valence-corrected chi connectivity index (χ0v) is 21.6. The third-order valence-electron chi connectivity index (χ3n) is 11.6. The highest BCUT2D eigenvalue weighted by molar-refractivity contribution is 5.79. The van der Waals surface area contributed by atoms with Crippen LogP contribution in [0.15, 0.2) is 0 Å². The standard InChI is InChI=1S/C29H44O5/c1-17-5-10-26(34-27(17)32)18(2)23-8-9-25-22-7-6-20-15-21(31)11-13-28(20,4)24(22)12-14-29(23,25)16-33-19(3)30/h17-18,20,22-26H,5-16H2,1-4H3/t17-,18+,20+,22-,23-,24+,25+,26-,28+,29+/m1/s1. The third kappa shape index (κ3) is 3.84. The Labute approximate surface area is 205 Å². The van der Waals surface area contributed by atoms with Crippen molar-refractivity contribution in [1.29, 1.82) is 0 Å². The van der Waals surface area contributed by atoms with Crippen molar-refractivity contribution in [2.45, 2.75) is 104 Å². The summed E-state index contributed by atoms with van der Waals surface area (Å²) in [4.78, 5) is 36.6. The summed E-state index contributed by atoms with van der Waals surface area (Å²) in [6.07, 6.45) is 11.4. The molecule has 0 amide bonds. The van der Waals surface area contributed by atoms with Gasteiger partial charge in [-0.1, -0.05) is 20.8 Å². The van der Waals surface area contributed by atoms with Gasteiger partial charge in [0.25, 0.3) is 0 Å². The lowest BCUT2D eigenvalue weighted by Gasteiger charge is -2.61. The molecule has 10 atom stereocenters. The Kier molecular flexibility index (Phi) is 6.38. The number of fused-ring (bicyclic) bond motifs is 5. The second kappa shape index (κ2) is 8.92. The molecule has 190 valence electrons. The SMILES string of the molecule is CC(=O)OC[C@]12CC[C@H]3[C@@H](CC[C@H]4CC(=O)CC[C@@]43C)[C@@H]1CC[C@@H]2[C@H](C)[C@H]1CC[C@@H](C)C(=O)O1. The van der Waals surface area contributed by atoms with Crippen LogP contribution in [0.3, 0.4) is 0 Å². The fourth-order valence-electron chi connectivity index (χ4n) is 9.69. The first kappa shape index (κ1) is 24.3. The Morgan fingerprint density at radius 1 is 1.06 bits per heavy atom. The van der Waals surface area contributed by atoms with E-state index < -0.39 is 0 Å². The van der Waals surface area contributed by atoms with Crippen LogP contribution in [0.1, 0.15) is 98.3 Å². The average molecular weight is 473 g/mol. The molecule has 0 spiro atoms. The van der Waals surface area contributed by atoms with E-state index in [1.165, 1.54) is 32.6 Å². The number of Topliss-reactive ketones (excluding diaryl/α,β-unsaturated/α-hetero) is 1. The lowest BCUT2D eigenvalue weighted by Crippen LogP contribution is -2.56. The van der Waals surface area contributed by atoms with E-state index in [1.807, 2.05) is 6.92 Å². The van der Waals surface area contributed by atoms with Crippen molar-refractivity contribution < 1.29 is 23.9 Å². The predicted octanol–water partition coefficient (Wildman–Crippen LogP) is 5.74. The highest BCUT2D eigenvalue weighted by atomic mass is 16.5. The quantitative estimate of drug-likeness (QED) is 0.488. The van der Waals surface area contributed by atoms with Crippen molar-refractivity contribution in [3.63, 3.8) is 0 Å². The summed E-state index contributed by atoms with van der Waals surface area (Å²) in [6.45, 7) is 8.78. The van der Waals surface area contributed by atoms with Crippen molar-refractivity contribution in [3.8, 4) is 0 Å². The van der Waals surface area contributed by atoms with E-state index >= 15 is 0 Å². The topological polar surface area (TPSA) is 69.7 Å². The number of hydrogen-bond acceptors (Lipinski definition) is 5. The highest BCUT2D eigenvalue weighted by Gasteiger charge is 2.63. The number of carbonyl (C=O) groups is 3. The number of esters is 2. The number of ketones is 1. The molecular formula is C29H44O5. The largest absolute Gasteiger partial charge is 0.465 e. The molecule has 4 aliphatic carbocycles. The first-order valence-corrected chi connectivity index (χ1v) is 14.0. The van der Waals surface area contributed by atoms with Gasteiger partial charge in [-0.25, -0.2) is 0 Å². The minimum absolute atomic E-state index is 0.00326. The molecular weight excluding hydrogens is 428 g/mol. The van der Waals surface area contributed by atoms with Crippen LogP contribution in [0.5, 0.6) is 0 Å². The molecule has 0 bridgehead atoms. The van der Waals surface area contributed by atoms with Crippen molar-refractivity contribution in [3.05, 3.63) is 0 Å². The summed E-state index contributed by atoms with van der Waals surface area (Å²) < 4.78 is 11.8. The van der Waals surface area contributed by atoms with Gasteiger partial charge in [0.05, 0.1) is 12.5 Å². The Hall–Kier alpha value is -1.39. The Balaban J connectivity index is 1.41. The van der Waals surface area contributed by atoms with Gasteiger partial charge in [-0.15, -0.1) is 0 Å². The molecule has 0 aromatic rings. The van der Waals surface area contributed by atoms with E-state index in [9.17, 15) is 14.4 Å². The lowest BCUT2D eigenvalue weighted by molar-refractivity contribution is -0.173. The van der Waals surface area contributed by atoms with Gasteiger partial charge in [0, 0.05) is 25.2 Å². The van der Waals surface area contributed by atoms with Gasteiger partial charge in [0.1, 0.15) is 11.9 Å². The minimum Gasteiger partial charge on any atom is -0.465 e. The molecule has 34 heavy (non-hydrogen) atoms. The molecule has 4 saturated carbocycles. The molecule has 5 aliphatic rings. The first-order chi connectivity index (χ1) is 16.2. The molecule has 0 radical (unpaired) electrons. The smallest absolute Gasteiger partial charge is 0.308 e. The fraction of sp³-hybridized carbons (Fsp3) is 0.897. The van der Waals surface area contributed by atoms with Crippen molar-refractivity contribution >= 4 is 17.7 Å². The van der Waals surface area contributed by atoms with Crippen LogP contribution >= 0.6 is 0 Å². The van der Waals surface area contributed by atoms with Crippen LogP contribution in [0.4, 0.5) is 0 Å². The van der Waals surface area contributed by atoms with E-state index in [0.717, 1.165) is 44.9 Å². The van der Waals surface area contributed by atoms with Crippen LogP contribution < -0.4 is 0 Å². The van der Waals surface area contributed by atoms with E-state index in [2.05, 4.69) is 13.8 Å². The second-order valence-electron chi connectivity index (χ2n) is 12.9. The molecule has 5 rings (SSSR count). The van der Waals surface area contributed by atoms with E-state index in [4.69, 9.17) is 9.47 Å². The van der Waals surface area contributed by atoms with E-state index in [0.29, 0.717) is 42.0 Å². The molecule has 0 aromatic heterocycles. The number of carbonyl (C=O) groups excluding carboxylic acids is 3. The lowest BCUT2D eigenvalue weighted by atomic mass is 9.44. The summed E-state index contributed by atoms with van der Waals surface area (Å²) in [7, 11) is 0. The van der Waals surface area contributed by atoms with Crippen molar-refractivity contribution in [1.82, 2.24) is 0 Å². The van der Waals surface area contributed by atoms with Gasteiger partial charge in [-0.05, 0) is 98.7 Å². The zero-order valence-electron chi connectivity index (χ0n) is 21.6. The van der Waals surface area contributed by atoms with Crippen LogP contribution in [0.2, 0.25) is 0 Å². The van der Waals surface area contributed by atoms with Crippen LogP contribution in [-0.4, -0.2) is 30.4 Å². The molecule has 0 unspecified atom stereocenters. The molecule has 1 aliphatic heterocycles. The molecule has 5 fully saturated rings. The zero-order chi connectivity index (χ0) is 24.3. The molecule has 0 aromatic carbocycles. The van der Waals surface area contributed by atoms with Crippen molar-refractivity contribution in [2.24, 2.45) is 52.3 Å². The summed E-state index contributed by atoms with van der Waals surface area (Å²) in [5.41, 5.74) is 0.276. The van der Waals surface area contributed by atoms with Crippen LogP contribution in [-0.2, 0) is 23.9 Å². The third-order valence-corrected chi connectivity index (χ3v) is 11.6. The van der Waals surface area contributed by atoms with Crippen molar-refractivity contribution in [2.75, 3.05) is 6.61 Å². The van der Waals surface area contributed by atoms with Gasteiger partial charge in [0.15, 0.2) is 0 Å². The summed E-state index contributed by atoms with van der Waals surface area (Å²) >= 11 is 0. The Morgan fingerprint density at radius 3 is 2.59 bits per heavy atom. The maximum Gasteiger partial charge on any atom is 0.308 e. The number of hydrogen-bond donors (Lipinski definition) is 0. The average Bonchev–Trinajstić information content (AvgIpc) is 3.19. The molecule has 5 nitrogen and oxygen atoms in total. The van der Waals surface area contributed by atoms with Gasteiger partial charge in [-0.3, -0.25) is 14.4 Å². The number of rotatable bonds is 4. The highest BCUT2D eigenvalue weighted by Crippen LogP contribution is 2.68. The minimum atomic E-state index is -0.187. The van der Waals surface area contributed by atoms with Crippen LogP contribution in [0.25, 0.3) is 0 Å². The molecule has 1 heterocycles. The Morgan fingerprint density at radius 2 is 1.85 bits per heavy atom. The first-order valence-electron chi connectivity index (χ1n) is 14.0. The van der Waals surface area contributed by atoms with Gasteiger partial charge in [-0.2, -0.15) is 0 Å². The molecule has 1 saturated heterocycles. The van der Waals surface area contributed by atoms with Crippen LogP contribution in [0, 0.1) is 52.3 Å². The maximum absolute atomic E-state index is 12.4.